The van der Waals surface area contributed by atoms with Gasteiger partial charge in [0.25, 0.3) is 0 Å². The number of rotatable bonds is 1. The van der Waals surface area contributed by atoms with Crippen molar-refractivity contribution >= 4 is 0 Å². The van der Waals surface area contributed by atoms with Crippen LogP contribution in [0.15, 0.2) is 23.8 Å². The van der Waals surface area contributed by atoms with Crippen molar-refractivity contribution in [1.29, 1.82) is 0 Å². The van der Waals surface area contributed by atoms with Gasteiger partial charge in [-0.25, -0.2) is 0 Å². The molecule has 2 unspecified atom stereocenters. The van der Waals surface area contributed by atoms with Crippen LogP contribution in [0.2, 0.25) is 0 Å². The van der Waals surface area contributed by atoms with Crippen LogP contribution >= 0.6 is 0 Å². The van der Waals surface area contributed by atoms with Gasteiger partial charge in [-0.3, -0.25) is 0 Å². The Morgan fingerprint density at radius 3 is 2.80 bits per heavy atom. The zero-order valence-electron chi connectivity index (χ0n) is 9.98. The van der Waals surface area contributed by atoms with Crippen LogP contribution in [0, 0.1) is 23.7 Å². The zero-order valence-corrected chi connectivity index (χ0v) is 9.98. The Labute approximate surface area is 92.9 Å². The first-order chi connectivity index (χ1) is 7.13. The molecule has 1 N–H and O–H groups in total. The van der Waals surface area contributed by atoms with Crippen LogP contribution in [0.1, 0.15) is 33.6 Å². The smallest absolute Gasteiger partial charge is 0.0617 e. The second-order valence-electron chi connectivity index (χ2n) is 5.26. The summed E-state index contributed by atoms with van der Waals surface area (Å²) in [6.45, 7) is 6.70. The summed E-state index contributed by atoms with van der Waals surface area (Å²) in [6, 6.07) is 0. The molecule has 0 heterocycles. The Bertz CT molecular complexity index is 290. The SMILES string of the molecule is CC[C@H]1C(C)C=CC2=CC(C)C[C@H](O)[C@@H]21. The molecule has 2 rings (SSSR count). The quantitative estimate of drug-likeness (QED) is 0.698. The molecule has 1 heteroatoms. The van der Waals surface area contributed by atoms with E-state index in [1.165, 1.54) is 12.0 Å². The largest absolute Gasteiger partial charge is 0.392 e. The van der Waals surface area contributed by atoms with Gasteiger partial charge in [-0.15, -0.1) is 0 Å². The van der Waals surface area contributed by atoms with Gasteiger partial charge in [-0.1, -0.05) is 45.4 Å². The third-order valence-electron chi connectivity index (χ3n) is 4.09. The molecular weight excluding hydrogens is 184 g/mol. The fraction of sp³-hybridized carbons (Fsp3) is 0.714. The molecule has 1 nitrogen and oxygen atoms in total. The fourth-order valence-electron chi connectivity index (χ4n) is 3.31. The topological polar surface area (TPSA) is 20.2 Å². The third-order valence-corrected chi connectivity index (χ3v) is 4.09. The van der Waals surface area contributed by atoms with Crippen molar-refractivity contribution in [3.8, 4) is 0 Å². The molecular formula is C14H22O. The van der Waals surface area contributed by atoms with E-state index in [4.69, 9.17) is 0 Å². The van der Waals surface area contributed by atoms with Crippen LogP contribution in [0.3, 0.4) is 0 Å². The van der Waals surface area contributed by atoms with Gasteiger partial charge in [0, 0.05) is 5.92 Å². The highest BCUT2D eigenvalue weighted by Crippen LogP contribution is 2.42. The molecule has 0 spiro atoms. The molecule has 84 valence electrons. The molecule has 0 aromatic heterocycles. The molecule has 2 aliphatic rings. The molecule has 5 atom stereocenters. The van der Waals surface area contributed by atoms with E-state index >= 15 is 0 Å². The van der Waals surface area contributed by atoms with Gasteiger partial charge in [0.2, 0.25) is 0 Å². The van der Waals surface area contributed by atoms with Crippen LogP contribution in [0.4, 0.5) is 0 Å². The number of hydrogen-bond acceptors (Lipinski definition) is 1. The zero-order chi connectivity index (χ0) is 11.0. The number of allylic oxidation sites excluding steroid dienone is 3. The van der Waals surface area contributed by atoms with E-state index in [2.05, 4.69) is 39.0 Å². The summed E-state index contributed by atoms with van der Waals surface area (Å²) in [6.07, 6.45) is 8.87. The van der Waals surface area contributed by atoms with E-state index in [1.54, 1.807) is 0 Å². The molecule has 0 radical (unpaired) electrons. The van der Waals surface area contributed by atoms with E-state index < -0.39 is 0 Å². The van der Waals surface area contributed by atoms with Gasteiger partial charge >= 0.3 is 0 Å². The average molecular weight is 206 g/mol. The number of fused-ring (bicyclic) bond motifs is 1. The molecule has 0 saturated carbocycles. The van der Waals surface area contributed by atoms with E-state index in [1.807, 2.05) is 0 Å². The summed E-state index contributed by atoms with van der Waals surface area (Å²) in [5.74, 6) is 2.16. The normalized spacial score (nSPS) is 44.8. The Morgan fingerprint density at radius 2 is 2.13 bits per heavy atom. The lowest BCUT2D eigenvalue weighted by atomic mass is 9.66. The van der Waals surface area contributed by atoms with Crippen LogP contribution in [-0.2, 0) is 0 Å². The Hall–Kier alpha value is -0.560. The number of aliphatic hydroxyl groups is 1. The lowest BCUT2D eigenvalue weighted by Crippen LogP contribution is -2.37. The van der Waals surface area contributed by atoms with Gasteiger partial charge in [0.1, 0.15) is 0 Å². The van der Waals surface area contributed by atoms with Crippen LogP contribution in [0.5, 0.6) is 0 Å². The molecule has 0 aliphatic heterocycles. The van der Waals surface area contributed by atoms with Crippen molar-refractivity contribution in [2.24, 2.45) is 23.7 Å². The Balaban J connectivity index is 2.33. The fourth-order valence-corrected chi connectivity index (χ4v) is 3.31. The molecule has 0 saturated heterocycles. The summed E-state index contributed by atoms with van der Waals surface area (Å²) in [5.41, 5.74) is 1.38. The summed E-state index contributed by atoms with van der Waals surface area (Å²) in [7, 11) is 0. The van der Waals surface area contributed by atoms with E-state index in [0.717, 1.165) is 6.42 Å². The first kappa shape index (κ1) is 10.9. The maximum absolute atomic E-state index is 10.2. The molecule has 0 aromatic rings. The Kier molecular flexibility index (Phi) is 3.01. The van der Waals surface area contributed by atoms with Crippen molar-refractivity contribution in [3.05, 3.63) is 23.8 Å². The van der Waals surface area contributed by atoms with E-state index in [9.17, 15) is 5.11 Å². The molecule has 0 bridgehead atoms. The predicted octanol–water partition coefficient (Wildman–Crippen LogP) is 3.16. The van der Waals surface area contributed by atoms with Gasteiger partial charge in [0.15, 0.2) is 0 Å². The van der Waals surface area contributed by atoms with Gasteiger partial charge in [-0.2, -0.15) is 0 Å². The highest BCUT2D eigenvalue weighted by Gasteiger charge is 2.37. The number of aliphatic hydroxyl groups excluding tert-OH is 1. The molecule has 15 heavy (non-hydrogen) atoms. The van der Waals surface area contributed by atoms with Crippen LogP contribution in [-0.4, -0.2) is 11.2 Å². The highest BCUT2D eigenvalue weighted by atomic mass is 16.3. The molecule has 0 fully saturated rings. The number of hydrogen-bond donors (Lipinski definition) is 1. The first-order valence-electron chi connectivity index (χ1n) is 6.21. The first-order valence-corrected chi connectivity index (χ1v) is 6.21. The second kappa shape index (κ2) is 4.13. The lowest BCUT2D eigenvalue weighted by molar-refractivity contribution is 0.0550. The maximum atomic E-state index is 10.2. The summed E-state index contributed by atoms with van der Waals surface area (Å²) in [4.78, 5) is 0. The third kappa shape index (κ3) is 1.90. The Morgan fingerprint density at radius 1 is 1.40 bits per heavy atom. The van der Waals surface area contributed by atoms with Gasteiger partial charge < -0.3 is 5.11 Å². The summed E-state index contributed by atoms with van der Waals surface area (Å²) >= 11 is 0. The standard InChI is InChI=1S/C14H22O/c1-4-12-10(3)5-6-11-7-9(2)8-13(15)14(11)12/h5-7,9-10,12-15H,4,8H2,1-3H3/t9?,10?,12-,13-,14-/m0/s1. The molecule has 2 aliphatic carbocycles. The van der Waals surface area contributed by atoms with Crippen molar-refractivity contribution in [3.63, 3.8) is 0 Å². The second-order valence-corrected chi connectivity index (χ2v) is 5.26. The minimum Gasteiger partial charge on any atom is -0.392 e. The average Bonchev–Trinajstić information content (AvgIpc) is 2.18. The van der Waals surface area contributed by atoms with E-state index in [-0.39, 0.29) is 6.10 Å². The van der Waals surface area contributed by atoms with E-state index in [0.29, 0.717) is 23.7 Å². The summed E-state index contributed by atoms with van der Waals surface area (Å²) < 4.78 is 0. The van der Waals surface area contributed by atoms with Crippen molar-refractivity contribution in [2.45, 2.75) is 39.7 Å². The summed E-state index contributed by atoms with van der Waals surface area (Å²) in [5, 5.41) is 10.2. The minimum atomic E-state index is -0.127. The van der Waals surface area contributed by atoms with Crippen molar-refractivity contribution in [1.82, 2.24) is 0 Å². The molecule has 0 amide bonds. The van der Waals surface area contributed by atoms with Crippen LogP contribution in [0.25, 0.3) is 0 Å². The lowest BCUT2D eigenvalue weighted by Gasteiger charge is -2.41. The predicted molar refractivity (Wildman–Crippen MR) is 63.4 cm³/mol. The highest BCUT2D eigenvalue weighted by molar-refractivity contribution is 5.31. The minimum absolute atomic E-state index is 0.127. The van der Waals surface area contributed by atoms with Crippen molar-refractivity contribution < 1.29 is 5.11 Å². The monoisotopic (exact) mass is 206 g/mol. The molecule has 0 aromatic carbocycles. The van der Waals surface area contributed by atoms with Gasteiger partial charge in [0.05, 0.1) is 6.10 Å². The maximum Gasteiger partial charge on any atom is 0.0617 e. The van der Waals surface area contributed by atoms with Crippen molar-refractivity contribution in [2.75, 3.05) is 0 Å². The van der Waals surface area contributed by atoms with Gasteiger partial charge in [-0.05, 0) is 29.7 Å². The van der Waals surface area contributed by atoms with Crippen LogP contribution < -0.4 is 0 Å².